The van der Waals surface area contributed by atoms with E-state index >= 15 is 0 Å². The first kappa shape index (κ1) is 22.2. The van der Waals surface area contributed by atoms with Crippen molar-refractivity contribution >= 4 is 23.3 Å². The summed E-state index contributed by atoms with van der Waals surface area (Å²) in [6.45, 7) is 1.18. The minimum Gasteiger partial charge on any atom is -0.482 e. The van der Waals surface area contributed by atoms with Gasteiger partial charge in [0.2, 0.25) is 0 Å². The van der Waals surface area contributed by atoms with Crippen LogP contribution in [0.25, 0.3) is 0 Å². The minimum absolute atomic E-state index is 0.313. The minimum atomic E-state index is -0.999. The smallest absolute Gasteiger partial charge is 0.344 e. The molecule has 0 aromatic heterocycles. The molecule has 0 saturated heterocycles. The average molecular weight is 421 g/mol. The monoisotopic (exact) mass is 421 g/mol. The standard InChI is InChI=1S/C24H27N3O4/c1-18(23(29)27-24(17-25)14-6-3-7-15-24)31-22(28)16-30-21-12-10-20(11-13-21)26-19-8-4-2-5-9-19/h2,4-5,8-13,18,26H,3,6-7,14-16H2,1H3,(H,27,29)/t18-/m0/s1. The number of hydrogen-bond acceptors (Lipinski definition) is 6. The molecule has 1 aliphatic rings. The Morgan fingerprint density at radius 3 is 2.32 bits per heavy atom. The number of amides is 1. The highest BCUT2D eigenvalue weighted by molar-refractivity contribution is 5.84. The summed E-state index contributed by atoms with van der Waals surface area (Å²) in [5.74, 6) is -0.602. The lowest BCUT2D eigenvalue weighted by Gasteiger charge is -2.32. The molecule has 1 saturated carbocycles. The molecule has 7 heteroatoms. The number of rotatable bonds is 8. The second-order valence-electron chi connectivity index (χ2n) is 7.68. The molecule has 0 aliphatic heterocycles. The molecule has 31 heavy (non-hydrogen) atoms. The summed E-state index contributed by atoms with van der Waals surface area (Å²) in [5, 5.41) is 15.5. The number of carbonyl (C=O) groups is 2. The Morgan fingerprint density at radius 2 is 1.68 bits per heavy atom. The molecule has 2 aromatic rings. The van der Waals surface area contributed by atoms with Crippen LogP contribution in [0.5, 0.6) is 5.75 Å². The summed E-state index contributed by atoms with van der Waals surface area (Å²) in [7, 11) is 0. The number of esters is 1. The van der Waals surface area contributed by atoms with Crippen molar-refractivity contribution in [2.24, 2.45) is 0 Å². The van der Waals surface area contributed by atoms with E-state index in [0.717, 1.165) is 30.6 Å². The highest BCUT2D eigenvalue weighted by atomic mass is 16.6. The van der Waals surface area contributed by atoms with E-state index in [1.807, 2.05) is 42.5 Å². The van der Waals surface area contributed by atoms with E-state index in [0.29, 0.717) is 18.6 Å². The zero-order valence-corrected chi connectivity index (χ0v) is 17.6. The summed E-state index contributed by atoms with van der Waals surface area (Å²) in [6.07, 6.45) is 3.10. The van der Waals surface area contributed by atoms with Crippen molar-refractivity contribution in [3.05, 3.63) is 54.6 Å². The molecular formula is C24H27N3O4. The SMILES string of the molecule is C[C@H](OC(=O)COc1ccc(Nc2ccccc2)cc1)C(=O)NC1(C#N)CCCCC1. The number of nitrogens with one attached hydrogen (secondary N) is 2. The first-order valence-corrected chi connectivity index (χ1v) is 10.5. The van der Waals surface area contributed by atoms with Crippen molar-refractivity contribution in [2.45, 2.75) is 50.7 Å². The number of benzene rings is 2. The van der Waals surface area contributed by atoms with Crippen molar-refractivity contribution in [2.75, 3.05) is 11.9 Å². The van der Waals surface area contributed by atoms with Crippen molar-refractivity contribution in [3.63, 3.8) is 0 Å². The number of ether oxygens (including phenoxy) is 2. The normalized spacial score (nSPS) is 15.7. The number of para-hydroxylation sites is 1. The average Bonchev–Trinajstić information content (AvgIpc) is 2.80. The van der Waals surface area contributed by atoms with E-state index in [-0.39, 0.29) is 6.61 Å². The molecule has 1 fully saturated rings. The number of anilines is 2. The zero-order valence-electron chi connectivity index (χ0n) is 17.6. The van der Waals surface area contributed by atoms with Gasteiger partial charge >= 0.3 is 5.97 Å². The van der Waals surface area contributed by atoms with Crippen LogP contribution in [0.4, 0.5) is 11.4 Å². The Kier molecular flexibility index (Phi) is 7.50. The topological polar surface area (TPSA) is 100 Å². The van der Waals surface area contributed by atoms with Gasteiger partial charge in [-0.2, -0.15) is 5.26 Å². The first-order valence-electron chi connectivity index (χ1n) is 10.5. The highest BCUT2D eigenvalue weighted by Crippen LogP contribution is 2.27. The van der Waals surface area contributed by atoms with Crippen LogP contribution in [0.3, 0.4) is 0 Å². The fraction of sp³-hybridized carbons (Fsp3) is 0.375. The molecule has 0 heterocycles. The lowest BCUT2D eigenvalue weighted by Crippen LogP contribution is -2.52. The van der Waals surface area contributed by atoms with Crippen LogP contribution >= 0.6 is 0 Å². The van der Waals surface area contributed by atoms with Gasteiger partial charge in [0.05, 0.1) is 6.07 Å². The molecule has 3 rings (SSSR count). The predicted octanol–water partition coefficient (Wildman–Crippen LogP) is 4.08. The van der Waals surface area contributed by atoms with E-state index in [1.54, 1.807) is 12.1 Å². The van der Waals surface area contributed by atoms with Crippen molar-refractivity contribution in [1.29, 1.82) is 5.26 Å². The van der Waals surface area contributed by atoms with Crippen LogP contribution in [0.2, 0.25) is 0 Å². The number of nitrogens with zero attached hydrogens (tertiary/aromatic N) is 1. The van der Waals surface area contributed by atoms with Gasteiger partial charge in [0.1, 0.15) is 11.3 Å². The second kappa shape index (κ2) is 10.5. The van der Waals surface area contributed by atoms with Gasteiger partial charge in [-0.3, -0.25) is 4.79 Å². The molecule has 1 atom stereocenters. The van der Waals surface area contributed by atoms with Crippen LogP contribution in [0.1, 0.15) is 39.0 Å². The highest BCUT2D eigenvalue weighted by Gasteiger charge is 2.35. The number of carbonyl (C=O) groups excluding carboxylic acids is 2. The van der Waals surface area contributed by atoms with Gasteiger partial charge in [0.15, 0.2) is 12.7 Å². The van der Waals surface area contributed by atoms with Gasteiger partial charge in [-0.25, -0.2) is 4.79 Å². The fourth-order valence-electron chi connectivity index (χ4n) is 3.51. The van der Waals surface area contributed by atoms with Gasteiger partial charge in [0, 0.05) is 11.4 Å². The summed E-state index contributed by atoms with van der Waals surface area (Å²) < 4.78 is 10.6. The molecule has 2 aromatic carbocycles. The van der Waals surface area contributed by atoms with Crippen LogP contribution in [-0.4, -0.2) is 30.1 Å². The van der Waals surface area contributed by atoms with E-state index in [1.165, 1.54) is 6.92 Å². The Bertz CT molecular complexity index is 916. The zero-order chi connectivity index (χ0) is 22.1. The Labute approximate surface area is 182 Å². The summed E-state index contributed by atoms with van der Waals surface area (Å²) in [4.78, 5) is 24.5. The summed E-state index contributed by atoms with van der Waals surface area (Å²) >= 11 is 0. The lowest BCUT2D eigenvalue weighted by atomic mass is 9.83. The van der Waals surface area contributed by atoms with Gasteiger partial charge in [0.25, 0.3) is 5.91 Å². The summed E-state index contributed by atoms with van der Waals surface area (Å²) in [6, 6.07) is 19.2. The Morgan fingerprint density at radius 1 is 1.03 bits per heavy atom. The molecule has 7 nitrogen and oxygen atoms in total. The maximum absolute atomic E-state index is 12.4. The molecular weight excluding hydrogens is 394 g/mol. The molecule has 1 amide bonds. The molecule has 0 radical (unpaired) electrons. The Hall–Kier alpha value is -3.53. The van der Waals surface area contributed by atoms with Crippen LogP contribution in [0, 0.1) is 11.3 Å². The van der Waals surface area contributed by atoms with Crippen molar-refractivity contribution < 1.29 is 19.1 Å². The maximum atomic E-state index is 12.4. The van der Waals surface area contributed by atoms with Crippen LogP contribution in [0.15, 0.2) is 54.6 Å². The van der Waals surface area contributed by atoms with Crippen molar-refractivity contribution in [3.8, 4) is 11.8 Å². The van der Waals surface area contributed by atoms with Gasteiger partial charge < -0.3 is 20.1 Å². The lowest BCUT2D eigenvalue weighted by molar-refractivity contribution is -0.157. The Balaban J connectivity index is 1.44. The molecule has 0 spiro atoms. The molecule has 0 unspecified atom stereocenters. The third kappa shape index (κ3) is 6.48. The fourth-order valence-corrected chi connectivity index (χ4v) is 3.51. The molecule has 0 bridgehead atoms. The van der Waals surface area contributed by atoms with E-state index in [2.05, 4.69) is 16.7 Å². The molecule has 162 valence electrons. The summed E-state index contributed by atoms with van der Waals surface area (Å²) in [5.41, 5.74) is 1.00. The van der Waals surface area contributed by atoms with Crippen LogP contribution < -0.4 is 15.4 Å². The predicted molar refractivity (Wildman–Crippen MR) is 117 cm³/mol. The van der Waals surface area contributed by atoms with Gasteiger partial charge in [-0.1, -0.05) is 37.5 Å². The third-order valence-electron chi connectivity index (χ3n) is 5.23. The second-order valence-corrected chi connectivity index (χ2v) is 7.68. The molecule has 1 aliphatic carbocycles. The number of nitriles is 1. The largest absolute Gasteiger partial charge is 0.482 e. The third-order valence-corrected chi connectivity index (χ3v) is 5.23. The van der Waals surface area contributed by atoms with Crippen LogP contribution in [-0.2, 0) is 14.3 Å². The number of hydrogen-bond donors (Lipinski definition) is 2. The van der Waals surface area contributed by atoms with Crippen molar-refractivity contribution in [1.82, 2.24) is 5.32 Å². The van der Waals surface area contributed by atoms with E-state index in [4.69, 9.17) is 9.47 Å². The van der Waals surface area contributed by atoms with E-state index < -0.39 is 23.5 Å². The van der Waals surface area contributed by atoms with Gasteiger partial charge in [-0.15, -0.1) is 0 Å². The molecule has 2 N–H and O–H groups in total. The van der Waals surface area contributed by atoms with E-state index in [9.17, 15) is 14.9 Å². The van der Waals surface area contributed by atoms with Gasteiger partial charge in [-0.05, 0) is 56.2 Å². The quantitative estimate of drug-likeness (QED) is 0.623. The first-order chi connectivity index (χ1) is 15.0. The maximum Gasteiger partial charge on any atom is 0.344 e.